The van der Waals surface area contributed by atoms with Crippen LogP contribution in [0.25, 0.3) is 20.8 Å². The number of anilines is 1. The first-order valence-corrected chi connectivity index (χ1v) is 8.40. The Kier molecular flexibility index (Phi) is 4.07. The largest absolute Gasteiger partial charge is 0.372 e. The lowest BCUT2D eigenvalue weighted by Gasteiger charge is -2.23. The number of benzene rings is 1. The van der Waals surface area contributed by atoms with E-state index in [2.05, 4.69) is 54.1 Å². The summed E-state index contributed by atoms with van der Waals surface area (Å²) in [5.74, 6) is 0. The molecule has 3 rings (SSSR count). The highest BCUT2D eigenvalue weighted by molar-refractivity contribution is 7.21. The summed E-state index contributed by atoms with van der Waals surface area (Å²) in [7, 11) is 0. The second-order valence-corrected chi connectivity index (χ2v) is 6.34. The molecule has 0 N–H and O–H groups in total. The van der Waals surface area contributed by atoms with Gasteiger partial charge in [-0.1, -0.05) is 0 Å². The molecule has 0 bridgehead atoms. The van der Waals surface area contributed by atoms with Crippen LogP contribution >= 0.6 is 11.3 Å². The van der Waals surface area contributed by atoms with E-state index in [0.717, 1.165) is 39.6 Å². The van der Waals surface area contributed by atoms with Gasteiger partial charge in [0.15, 0.2) is 0 Å². The van der Waals surface area contributed by atoms with Crippen molar-refractivity contribution >= 4 is 27.2 Å². The van der Waals surface area contributed by atoms with Crippen LogP contribution in [0.5, 0.6) is 0 Å². The first-order chi connectivity index (χ1) is 10.6. The second kappa shape index (κ2) is 6.01. The molecule has 1 aromatic carbocycles. The molecule has 0 aliphatic carbocycles. The molecule has 4 nitrogen and oxygen atoms in total. The zero-order valence-corrected chi connectivity index (χ0v) is 14.2. The van der Waals surface area contributed by atoms with E-state index in [4.69, 9.17) is 4.98 Å². The SMILES string of the molecule is CCN(CC)c1ccc(-c2nc3cnnc(C)c3s2)cc1C. The molecule has 3 aromatic rings. The lowest BCUT2D eigenvalue weighted by molar-refractivity contribution is 0.862. The summed E-state index contributed by atoms with van der Waals surface area (Å²) in [5, 5.41) is 9.12. The summed E-state index contributed by atoms with van der Waals surface area (Å²) >= 11 is 1.68. The van der Waals surface area contributed by atoms with E-state index in [0.29, 0.717) is 0 Å². The standard InChI is InChI=1S/C17H20N4S/c1-5-21(6-2)15-8-7-13(9-11(15)3)17-19-14-10-18-20-12(4)16(14)22-17/h7-10H,5-6H2,1-4H3. The summed E-state index contributed by atoms with van der Waals surface area (Å²) < 4.78 is 1.12. The van der Waals surface area contributed by atoms with Crippen LogP contribution in [0.2, 0.25) is 0 Å². The van der Waals surface area contributed by atoms with Crippen molar-refractivity contribution in [2.75, 3.05) is 18.0 Å². The number of nitrogens with zero attached hydrogens (tertiary/aromatic N) is 4. The average Bonchev–Trinajstić information content (AvgIpc) is 2.95. The van der Waals surface area contributed by atoms with E-state index in [1.807, 2.05) is 6.92 Å². The van der Waals surface area contributed by atoms with Crippen LogP contribution in [-0.2, 0) is 0 Å². The van der Waals surface area contributed by atoms with Gasteiger partial charge in [-0.2, -0.15) is 10.2 Å². The summed E-state index contributed by atoms with van der Waals surface area (Å²) in [6.45, 7) is 10.6. The van der Waals surface area contributed by atoms with Crippen molar-refractivity contribution in [2.24, 2.45) is 0 Å². The van der Waals surface area contributed by atoms with Crippen molar-refractivity contribution in [3.05, 3.63) is 35.7 Å². The van der Waals surface area contributed by atoms with E-state index in [1.165, 1.54) is 11.3 Å². The first kappa shape index (κ1) is 14.9. The molecule has 0 saturated heterocycles. The van der Waals surface area contributed by atoms with Crippen molar-refractivity contribution in [3.63, 3.8) is 0 Å². The predicted molar refractivity (Wildman–Crippen MR) is 93.7 cm³/mol. The lowest BCUT2D eigenvalue weighted by Crippen LogP contribution is -2.22. The Morgan fingerprint density at radius 3 is 2.55 bits per heavy atom. The molecule has 2 heterocycles. The molecular weight excluding hydrogens is 292 g/mol. The predicted octanol–water partition coefficient (Wildman–Crippen LogP) is 4.22. The third-order valence-corrected chi connectivity index (χ3v) is 5.15. The number of aryl methyl sites for hydroxylation is 2. The van der Waals surface area contributed by atoms with Crippen molar-refractivity contribution in [2.45, 2.75) is 27.7 Å². The number of hydrogen-bond donors (Lipinski definition) is 0. The Bertz CT molecular complexity index is 806. The van der Waals surface area contributed by atoms with Gasteiger partial charge in [-0.3, -0.25) is 0 Å². The van der Waals surface area contributed by atoms with Crippen LogP contribution in [0.1, 0.15) is 25.1 Å². The summed E-state index contributed by atoms with van der Waals surface area (Å²) in [4.78, 5) is 7.07. The smallest absolute Gasteiger partial charge is 0.124 e. The molecule has 5 heteroatoms. The Hall–Kier alpha value is -2.01. The monoisotopic (exact) mass is 312 g/mol. The Balaban J connectivity index is 2.04. The normalized spacial score (nSPS) is 11.1. The third kappa shape index (κ3) is 2.57. The third-order valence-electron chi connectivity index (χ3n) is 3.92. The van der Waals surface area contributed by atoms with Gasteiger partial charge in [0.05, 0.1) is 16.6 Å². The second-order valence-electron chi connectivity index (χ2n) is 5.34. The van der Waals surface area contributed by atoms with E-state index in [-0.39, 0.29) is 0 Å². The topological polar surface area (TPSA) is 41.9 Å². The molecule has 0 fully saturated rings. The van der Waals surface area contributed by atoms with Crippen LogP contribution < -0.4 is 4.90 Å². The fourth-order valence-electron chi connectivity index (χ4n) is 2.73. The maximum absolute atomic E-state index is 4.70. The van der Waals surface area contributed by atoms with Crippen molar-refractivity contribution in [1.82, 2.24) is 15.2 Å². The quantitative estimate of drug-likeness (QED) is 0.723. The Morgan fingerprint density at radius 1 is 1.14 bits per heavy atom. The van der Waals surface area contributed by atoms with Crippen LogP contribution in [0, 0.1) is 13.8 Å². The van der Waals surface area contributed by atoms with E-state index in [1.54, 1.807) is 17.5 Å². The number of rotatable bonds is 4. The molecule has 0 amide bonds. The lowest BCUT2D eigenvalue weighted by atomic mass is 10.1. The molecule has 0 unspecified atom stereocenters. The van der Waals surface area contributed by atoms with Gasteiger partial charge in [0.1, 0.15) is 10.5 Å². The maximum Gasteiger partial charge on any atom is 0.124 e. The molecule has 22 heavy (non-hydrogen) atoms. The first-order valence-electron chi connectivity index (χ1n) is 7.58. The van der Waals surface area contributed by atoms with Gasteiger partial charge in [0, 0.05) is 24.3 Å². The summed E-state index contributed by atoms with van der Waals surface area (Å²) in [6.07, 6.45) is 1.74. The molecule has 2 aromatic heterocycles. The van der Waals surface area contributed by atoms with Crippen molar-refractivity contribution in [1.29, 1.82) is 0 Å². The van der Waals surface area contributed by atoms with Gasteiger partial charge in [-0.05, 0) is 51.5 Å². The van der Waals surface area contributed by atoms with Crippen LogP contribution in [0.15, 0.2) is 24.4 Å². The minimum atomic E-state index is 0.929. The highest BCUT2D eigenvalue weighted by Gasteiger charge is 2.12. The Morgan fingerprint density at radius 2 is 1.91 bits per heavy atom. The fraction of sp³-hybridized carbons (Fsp3) is 0.353. The molecule has 0 radical (unpaired) electrons. The van der Waals surface area contributed by atoms with Crippen molar-refractivity contribution < 1.29 is 0 Å². The number of fused-ring (bicyclic) bond motifs is 1. The van der Waals surface area contributed by atoms with E-state index < -0.39 is 0 Å². The van der Waals surface area contributed by atoms with Gasteiger partial charge in [0.25, 0.3) is 0 Å². The average molecular weight is 312 g/mol. The minimum Gasteiger partial charge on any atom is -0.372 e. The zero-order chi connectivity index (χ0) is 15.7. The maximum atomic E-state index is 4.70. The number of aromatic nitrogens is 3. The summed E-state index contributed by atoms with van der Waals surface area (Å²) in [6, 6.07) is 6.59. The zero-order valence-electron chi connectivity index (χ0n) is 13.4. The highest BCUT2D eigenvalue weighted by Crippen LogP contribution is 2.33. The molecule has 114 valence electrons. The van der Waals surface area contributed by atoms with Gasteiger partial charge >= 0.3 is 0 Å². The number of hydrogen-bond acceptors (Lipinski definition) is 5. The molecular formula is C17H20N4S. The number of thiazole rings is 1. The van der Waals surface area contributed by atoms with Crippen LogP contribution in [-0.4, -0.2) is 28.3 Å². The highest BCUT2D eigenvalue weighted by atomic mass is 32.1. The van der Waals surface area contributed by atoms with E-state index in [9.17, 15) is 0 Å². The molecule has 0 aliphatic rings. The van der Waals surface area contributed by atoms with E-state index >= 15 is 0 Å². The molecule has 0 spiro atoms. The molecule has 0 atom stereocenters. The van der Waals surface area contributed by atoms with Gasteiger partial charge in [0.2, 0.25) is 0 Å². The summed E-state index contributed by atoms with van der Waals surface area (Å²) in [5.41, 5.74) is 5.62. The van der Waals surface area contributed by atoms with Crippen LogP contribution in [0.3, 0.4) is 0 Å². The van der Waals surface area contributed by atoms with Gasteiger partial charge in [-0.15, -0.1) is 11.3 Å². The Labute approximate surface area is 134 Å². The van der Waals surface area contributed by atoms with Gasteiger partial charge in [-0.25, -0.2) is 4.98 Å². The van der Waals surface area contributed by atoms with Crippen LogP contribution in [0.4, 0.5) is 5.69 Å². The fourth-order valence-corrected chi connectivity index (χ4v) is 3.70. The van der Waals surface area contributed by atoms with Gasteiger partial charge < -0.3 is 4.90 Å². The van der Waals surface area contributed by atoms with Crippen molar-refractivity contribution in [3.8, 4) is 10.6 Å². The molecule has 0 aliphatic heterocycles. The molecule has 0 saturated carbocycles. The minimum absolute atomic E-state index is 0.929.